The predicted octanol–water partition coefficient (Wildman–Crippen LogP) is -1.85. The molecule has 1 aromatic heterocycles. The molecule has 0 radical (unpaired) electrons. The van der Waals surface area contributed by atoms with E-state index in [1.807, 2.05) is 0 Å². The van der Waals surface area contributed by atoms with Gasteiger partial charge in [-0.1, -0.05) is 5.16 Å². The van der Waals surface area contributed by atoms with Gasteiger partial charge in [0.05, 0.1) is 11.3 Å². The van der Waals surface area contributed by atoms with Crippen LogP contribution in [-0.2, 0) is 19.2 Å². The number of nitrogens with two attached hydrogens (primary N) is 2. The van der Waals surface area contributed by atoms with Crippen LogP contribution in [0.4, 0.5) is 10.8 Å². The summed E-state index contributed by atoms with van der Waals surface area (Å²) < 4.78 is 0. The van der Waals surface area contributed by atoms with E-state index >= 15 is 0 Å². The fourth-order valence-corrected chi connectivity index (χ4v) is 5.32. The first-order valence-electron chi connectivity index (χ1n) is 8.81. The highest BCUT2D eigenvalue weighted by Crippen LogP contribution is 2.43. The average molecular weight is 478 g/mol. The molecule has 1 fully saturated rings. The number of β-lactam (4-membered cyclic amide) rings is 1. The highest BCUT2D eigenvalue weighted by molar-refractivity contribution is 8.00. The molecule has 166 valence electrons. The van der Waals surface area contributed by atoms with E-state index < -0.39 is 45.8 Å². The molecule has 13 nitrogen and oxygen atoms in total. The monoisotopic (exact) mass is 478 g/mol. The van der Waals surface area contributed by atoms with E-state index in [0.717, 1.165) is 28.0 Å². The molecule has 1 saturated heterocycles. The van der Waals surface area contributed by atoms with Gasteiger partial charge < -0.3 is 26.7 Å². The van der Waals surface area contributed by atoms with Crippen LogP contribution in [0.3, 0.4) is 0 Å². The summed E-state index contributed by atoms with van der Waals surface area (Å²) in [6.45, 7) is 0. The molecule has 3 heterocycles. The van der Waals surface area contributed by atoms with Crippen molar-refractivity contribution in [3.63, 3.8) is 0 Å². The number of anilines is 2. The van der Waals surface area contributed by atoms with Crippen LogP contribution in [0, 0.1) is 0 Å². The summed E-state index contributed by atoms with van der Waals surface area (Å²) in [4.78, 5) is 70.3. The zero-order valence-corrected chi connectivity index (χ0v) is 17.8. The van der Waals surface area contributed by atoms with Crippen molar-refractivity contribution in [1.29, 1.82) is 0 Å². The van der Waals surface area contributed by atoms with Gasteiger partial charge in [0.1, 0.15) is 29.9 Å². The molecule has 2 aliphatic heterocycles. The number of carboxylic acids is 1. The summed E-state index contributed by atoms with van der Waals surface area (Å²) >= 11 is 2.20. The van der Waals surface area contributed by atoms with Crippen LogP contribution >= 0.6 is 23.1 Å². The Morgan fingerprint density at radius 2 is 2.03 bits per heavy atom. The number of thioether (sulfide) groups is 1. The van der Waals surface area contributed by atoms with Crippen LogP contribution in [0.25, 0.3) is 5.57 Å². The molecule has 0 saturated carbocycles. The number of aromatic nitrogens is 1. The Hall–Kier alpha value is -3.72. The second-order valence-electron chi connectivity index (χ2n) is 6.63. The van der Waals surface area contributed by atoms with Crippen LogP contribution in [0.15, 0.2) is 25.8 Å². The molecule has 0 spiro atoms. The summed E-state index contributed by atoms with van der Waals surface area (Å²) in [7, 11) is 1.23. The Bertz CT molecular complexity index is 1310. The maximum atomic E-state index is 12.8. The summed E-state index contributed by atoms with van der Waals surface area (Å²) in [5, 5.41) is 16.7. The lowest BCUT2D eigenvalue weighted by atomic mass is 9.95. The second kappa shape index (κ2) is 7.76. The lowest BCUT2D eigenvalue weighted by Gasteiger charge is -2.49. The van der Waals surface area contributed by atoms with Crippen molar-refractivity contribution < 1.29 is 24.3 Å². The fourth-order valence-electron chi connectivity index (χ4n) is 3.42. The minimum absolute atomic E-state index is 0.000852. The van der Waals surface area contributed by atoms with Gasteiger partial charge in [-0.2, -0.15) is 0 Å². The molecule has 2 aromatic rings. The smallest absolute Gasteiger partial charge is 0.352 e. The predicted molar refractivity (Wildman–Crippen MR) is 115 cm³/mol. The lowest BCUT2D eigenvalue weighted by molar-refractivity contribution is -0.149. The van der Waals surface area contributed by atoms with Gasteiger partial charge in [-0.15, -0.1) is 23.1 Å². The molecule has 32 heavy (non-hydrogen) atoms. The van der Waals surface area contributed by atoms with Crippen molar-refractivity contribution in [1.82, 2.24) is 15.2 Å². The number of amides is 2. The minimum atomic E-state index is -1.46. The zero-order valence-electron chi connectivity index (χ0n) is 16.1. The van der Waals surface area contributed by atoms with Gasteiger partial charge in [0.2, 0.25) is 10.9 Å². The fraction of sp³-hybridized carbons (Fsp3) is 0.235. The highest BCUT2D eigenvalue weighted by Gasteiger charge is 2.55. The molecule has 15 heteroatoms. The minimum Gasteiger partial charge on any atom is -0.477 e. The molecular formula is C17H14N6O7S2. The number of nitrogens with zero attached hydrogens (tertiary/aromatic N) is 3. The van der Waals surface area contributed by atoms with E-state index in [0.29, 0.717) is 0 Å². The molecule has 4 rings (SSSR count). The van der Waals surface area contributed by atoms with Crippen LogP contribution in [0.5, 0.6) is 0 Å². The number of hydrogen-bond acceptors (Lipinski definition) is 12. The molecule has 0 bridgehead atoms. The first kappa shape index (κ1) is 21.5. The Balaban J connectivity index is 1.60. The van der Waals surface area contributed by atoms with Crippen molar-refractivity contribution in [3.8, 4) is 0 Å². The van der Waals surface area contributed by atoms with E-state index in [1.165, 1.54) is 12.5 Å². The van der Waals surface area contributed by atoms with E-state index in [4.69, 9.17) is 11.5 Å². The largest absolute Gasteiger partial charge is 0.477 e. The van der Waals surface area contributed by atoms with Crippen molar-refractivity contribution in [3.05, 3.63) is 42.8 Å². The third-order valence-corrected chi connectivity index (χ3v) is 6.82. The molecule has 0 aliphatic carbocycles. The molecule has 6 N–H and O–H groups in total. The number of carbonyl (C=O) groups excluding carboxylic acids is 2. The first-order chi connectivity index (χ1) is 15.2. The van der Waals surface area contributed by atoms with Gasteiger partial charge >= 0.3 is 5.97 Å². The number of carboxylic acid groups (broad SMARTS) is 1. The number of rotatable bonds is 6. The Morgan fingerprint density at radius 3 is 2.59 bits per heavy atom. The third kappa shape index (κ3) is 3.13. The second-order valence-corrected chi connectivity index (χ2v) is 8.63. The van der Waals surface area contributed by atoms with Crippen LogP contribution in [0.1, 0.15) is 11.3 Å². The van der Waals surface area contributed by atoms with Gasteiger partial charge in [-0.3, -0.25) is 24.1 Å². The maximum absolute atomic E-state index is 12.8. The van der Waals surface area contributed by atoms with Crippen molar-refractivity contribution in [2.75, 3.05) is 24.3 Å². The van der Waals surface area contributed by atoms with Gasteiger partial charge in [-0.25, -0.2) is 9.78 Å². The van der Waals surface area contributed by atoms with Gasteiger partial charge in [0.25, 0.3) is 11.8 Å². The molecule has 1 aromatic carbocycles. The van der Waals surface area contributed by atoms with E-state index in [-0.39, 0.29) is 39.1 Å². The Kier molecular flexibility index (Phi) is 5.21. The number of nitrogens with one attached hydrogen (secondary N) is 1. The summed E-state index contributed by atoms with van der Waals surface area (Å²) in [5.41, 5.74) is 8.35. The zero-order chi connectivity index (χ0) is 23.3. The first-order valence-corrected chi connectivity index (χ1v) is 10.7. The van der Waals surface area contributed by atoms with E-state index in [2.05, 4.69) is 20.3 Å². The topological polar surface area (TPSA) is 207 Å². The maximum Gasteiger partial charge on any atom is 0.352 e. The number of carbonyl (C=O) groups is 3. The standard InChI is InChI=1S/C17H14N6O7S2/c1-30-22-8(5-3-32-17(19)20-5)13(26)21-9-14(27)23-10(16(28)29)4(2-31-15(9)23)6-7(18)12(25)11(6)24/h3,9,15H,2,18H2,1H3,(H2,19,20)(H,21,26)(H,28,29)/b22-8+/t9?,15-/m1/s1. The van der Waals surface area contributed by atoms with Gasteiger partial charge in [-0.05, 0) is 0 Å². The molecule has 2 amide bonds. The number of oxime groups is 1. The van der Waals surface area contributed by atoms with Gasteiger partial charge in [0, 0.05) is 16.7 Å². The van der Waals surface area contributed by atoms with Crippen molar-refractivity contribution in [2.45, 2.75) is 11.4 Å². The lowest BCUT2D eigenvalue weighted by Crippen LogP contribution is -2.71. The van der Waals surface area contributed by atoms with E-state index in [1.54, 1.807) is 0 Å². The number of nitrogen functional groups attached to an aromatic ring is 2. The molecule has 2 aliphatic rings. The number of aliphatic carboxylic acids is 1. The van der Waals surface area contributed by atoms with Crippen molar-refractivity contribution >= 4 is 63.0 Å². The van der Waals surface area contributed by atoms with Crippen LogP contribution in [0.2, 0.25) is 0 Å². The quantitative estimate of drug-likeness (QED) is 0.157. The SMILES string of the molecule is CO/N=C(/C(=O)NC1C(=O)N2C(C(=O)O)=C(c3c(N)c(=O)c3=O)CS[C@H]12)c1csc(N)n1. The molecule has 2 atom stereocenters. The summed E-state index contributed by atoms with van der Waals surface area (Å²) in [5.74, 6) is -2.94. The van der Waals surface area contributed by atoms with Gasteiger partial charge in [0.15, 0.2) is 10.8 Å². The normalized spacial score (nSPS) is 20.7. The van der Waals surface area contributed by atoms with Crippen molar-refractivity contribution in [2.24, 2.45) is 5.16 Å². The summed E-state index contributed by atoms with van der Waals surface area (Å²) in [6.07, 6.45) is 0. The number of hydrogen-bond donors (Lipinski definition) is 4. The summed E-state index contributed by atoms with van der Waals surface area (Å²) in [6, 6.07) is -1.06. The highest BCUT2D eigenvalue weighted by atomic mass is 32.2. The Labute approximate surface area is 186 Å². The van der Waals surface area contributed by atoms with Crippen LogP contribution in [-0.4, -0.2) is 62.8 Å². The third-order valence-electron chi connectivity index (χ3n) is 4.87. The Morgan fingerprint density at radius 1 is 1.31 bits per heavy atom. The number of thiazole rings is 1. The van der Waals surface area contributed by atoms with E-state index in [9.17, 15) is 29.1 Å². The molecule has 1 unspecified atom stereocenters. The molecular weight excluding hydrogens is 464 g/mol. The average Bonchev–Trinajstić information content (AvgIpc) is 3.20. The number of fused-ring (bicyclic) bond motifs is 1. The van der Waals surface area contributed by atoms with Crippen LogP contribution < -0.4 is 27.6 Å².